The van der Waals surface area contributed by atoms with Gasteiger partial charge in [-0.3, -0.25) is 4.79 Å². The second-order valence-electron chi connectivity index (χ2n) is 9.85. The topological polar surface area (TPSA) is 130 Å². The Kier molecular flexibility index (Phi) is 6.22. The average Bonchev–Trinajstić information content (AvgIpc) is 3.43. The molecule has 3 aromatic heterocycles. The minimum atomic E-state index is -0.0661. The molecule has 2 aliphatic heterocycles. The number of nitrogens with one attached hydrogen (secondary N) is 1. The normalized spacial score (nSPS) is 18.2. The van der Waals surface area contributed by atoms with Gasteiger partial charge in [0.2, 0.25) is 0 Å². The molecule has 1 aromatic carbocycles. The third-order valence-electron chi connectivity index (χ3n) is 7.08. The van der Waals surface area contributed by atoms with Crippen LogP contribution in [-0.4, -0.2) is 64.0 Å². The molecule has 0 bridgehead atoms. The average molecular weight is 537 g/mol. The first kappa shape index (κ1) is 24.4. The van der Waals surface area contributed by atoms with Gasteiger partial charge in [-0.05, 0) is 48.9 Å². The molecule has 5 heterocycles. The summed E-state index contributed by atoms with van der Waals surface area (Å²) in [6.07, 6.45) is 1.69. The molecule has 2 fully saturated rings. The third-order valence-corrected chi connectivity index (χ3v) is 8.35. The number of aryl methyl sites for hydroxylation is 1. The first-order valence-corrected chi connectivity index (χ1v) is 13.7. The summed E-state index contributed by atoms with van der Waals surface area (Å²) in [6.45, 7) is 6.70. The number of Topliss-reactive ketones (excluding diaryl/α,β-unsaturated/α-hetero) is 1. The van der Waals surface area contributed by atoms with Gasteiger partial charge in [0.1, 0.15) is 17.2 Å². The van der Waals surface area contributed by atoms with Crippen molar-refractivity contribution in [2.45, 2.75) is 48.8 Å². The number of nitrogens with zero attached hydrogens (tertiary/aromatic N) is 5. The van der Waals surface area contributed by atoms with Gasteiger partial charge in [0.15, 0.2) is 10.9 Å². The lowest BCUT2D eigenvalue weighted by Gasteiger charge is -2.39. The second-order valence-corrected chi connectivity index (χ2v) is 11.3. The van der Waals surface area contributed by atoms with Crippen LogP contribution in [0.5, 0.6) is 0 Å². The Morgan fingerprint density at radius 1 is 1.14 bits per heavy atom. The predicted molar refractivity (Wildman–Crippen MR) is 149 cm³/mol. The van der Waals surface area contributed by atoms with Crippen LogP contribution in [0.25, 0.3) is 21.9 Å². The number of nitrogens with two attached hydrogens (primary N) is 2. The zero-order chi connectivity index (χ0) is 25.8. The van der Waals surface area contributed by atoms with Crippen molar-refractivity contribution < 1.29 is 4.79 Å². The number of hydrogen-bond acceptors (Lipinski definition) is 9. The van der Waals surface area contributed by atoms with Crippen molar-refractivity contribution in [1.29, 1.82) is 0 Å². The summed E-state index contributed by atoms with van der Waals surface area (Å²) in [5.41, 5.74) is 16.1. The van der Waals surface area contributed by atoms with E-state index in [1.807, 2.05) is 24.3 Å². The molecule has 37 heavy (non-hydrogen) atoms. The van der Waals surface area contributed by atoms with Crippen LogP contribution in [0.15, 0.2) is 34.3 Å². The number of halogens is 1. The Bertz CT molecular complexity index is 1530. The molecule has 1 atom stereocenters. The van der Waals surface area contributed by atoms with Crippen molar-refractivity contribution in [3.63, 3.8) is 0 Å². The number of pyridine rings is 1. The fourth-order valence-electron chi connectivity index (χ4n) is 5.08. The highest BCUT2D eigenvalue weighted by Gasteiger charge is 2.27. The Morgan fingerprint density at radius 3 is 2.59 bits per heavy atom. The molecule has 0 radical (unpaired) electrons. The molecule has 0 unspecified atom stereocenters. The predicted octanol–water partition coefficient (Wildman–Crippen LogP) is 3.76. The number of aromatic nitrogens is 4. The lowest BCUT2D eigenvalue weighted by atomic mass is 10.0. The van der Waals surface area contributed by atoms with Crippen molar-refractivity contribution in [2.75, 3.05) is 36.0 Å². The van der Waals surface area contributed by atoms with Gasteiger partial charge < -0.3 is 26.3 Å². The Hall–Kier alpha value is -2.92. The van der Waals surface area contributed by atoms with Crippen molar-refractivity contribution >= 4 is 62.6 Å². The van der Waals surface area contributed by atoms with Gasteiger partial charge >= 0.3 is 0 Å². The number of rotatable bonds is 6. The van der Waals surface area contributed by atoms with Crippen LogP contribution in [0.1, 0.15) is 36.5 Å². The summed E-state index contributed by atoms with van der Waals surface area (Å²) in [7, 11) is 0. The Labute approximate surface area is 224 Å². The number of H-pyrrole nitrogens is 1. The van der Waals surface area contributed by atoms with E-state index in [0.29, 0.717) is 15.9 Å². The van der Waals surface area contributed by atoms with E-state index in [0.717, 1.165) is 83.1 Å². The second kappa shape index (κ2) is 9.43. The van der Waals surface area contributed by atoms with Gasteiger partial charge in [-0.2, -0.15) is 0 Å². The monoisotopic (exact) mass is 536 g/mol. The van der Waals surface area contributed by atoms with E-state index in [2.05, 4.69) is 26.7 Å². The van der Waals surface area contributed by atoms with Gasteiger partial charge in [-0.15, -0.1) is 0 Å². The van der Waals surface area contributed by atoms with Gasteiger partial charge in [0.25, 0.3) is 0 Å². The fourth-order valence-corrected chi connectivity index (χ4v) is 6.22. The minimum absolute atomic E-state index is 0.0661. The summed E-state index contributed by atoms with van der Waals surface area (Å²) in [5.74, 6) is 0.749. The molecule has 4 aromatic rings. The van der Waals surface area contributed by atoms with Crippen LogP contribution in [0, 0.1) is 0 Å². The Balaban J connectivity index is 1.41. The van der Waals surface area contributed by atoms with E-state index in [9.17, 15) is 4.79 Å². The van der Waals surface area contributed by atoms with E-state index in [4.69, 9.17) is 33.0 Å². The first-order chi connectivity index (χ1) is 17.8. The van der Waals surface area contributed by atoms with E-state index in [-0.39, 0.29) is 17.9 Å². The summed E-state index contributed by atoms with van der Waals surface area (Å²) < 4.78 is 0. The highest BCUT2D eigenvalue weighted by molar-refractivity contribution is 7.99. The molecule has 5 N–H and O–H groups in total. The van der Waals surface area contributed by atoms with Crippen LogP contribution in [-0.2, 0) is 6.42 Å². The minimum Gasteiger partial charge on any atom is -0.368 e. The number of anilines is 2. The summed E-state index contributed by atoms with van der Waals surface area (Å²) in [4.78, 5) is 35.3. The number of benzene rings is 1. The Morgan fingerprint density at radius 2 is 1.92 bits per heavy atom. The summed E-state index contributed by atoms with van der Waals surface area (Å²) >= 11 is 8.20. The molecule has 11 heteroatoms. The maximum Gasteiger partial charge on any atom is 0.196 e. The molecule has 0 aliphatic carbocycles. The molecular formula is C26H29ClN8OS. The molecule has 192 valence electrons. The highest BCUT2D eigenvalue weighted by atomic mass is 35.5. The smallest absolute Gasteiger partial charge is 0.196 e. The van der Waals surface area contributed by atoms with E-state index >= 15 is 0 Å². The lowest BCUT2D eigenvalue weighted by Crippen LogP contribution is -2.56. The maximum atomic E-state index is 12.2. The van der Waals surface area contributed by atoms with Crippen molar-refractivity contribution in [1.82, 2.24) is 19.9 Å². The fraction of sp³-hybridized carbons (Fsp3) is 0.385. The highest BCUT2D eigenvalue weighted by Crippen LogP contribution is 2.39. The van der Waals surface area contributed by atoms with Crippen LogP contribution in [0.2, 0.25) is 5.02 Å². The molecule has 0 saturated carbocycles. The number of aromatic amines is 1. The van der Waals surface area contributed by atoms with Crippen LogP contribution >= 0.6 is 23.4 Å². The van der Waals surface area contributed by atoms with E-state index in [1.54, 1.807) is 6.92 Å². The van der Waals surface area contributed by atoms with Gasteiger partial charge in [-0.1, -0.05) is 18.5 Å². The van der Waals surface area contributed by atoms with Crippen molar-refractivity contribution in [2.24, 2.45) is 11.5 Å². The van der Waals surface area contributed by atoms with E-state index < -0.39 is 0 Å². The number of carbonyl (C=O) groups excluding carboxylic acids is 1. The molecule has 2 saturated heterocycles. The summed E-state index contributed by atoms with van der Waals surface area (Å²) in [6, 6.07) is 8.22. The number of fused-ring (bicyclic) bond motifs is 2. The zero-order valence-electron chi connectivity index (χ0n) is 20.8. The SMILES string of the molecule is CCc1[nH]c2nc(Sc3ccc4c(N5CC(N)C5)cc(C(C)=O)nc4c3)nc(N3CC[C@H](N)C3)c2c1Cl. The van der Waals surface area contributed by atoms with Crippen molar-refractivity contribution in [3.05, 3.63) is 40.7 Å². The molecule has 0 amide bonds. The maximum absolute atomic E-state index is 12.2. The quantitative estimate of drug-likeness (QED) is 0.249. The third kappa shape index (κ3) is 4.41. The molecular weight excluding hydrogens is 508 g/mol. The van der Waals surface area contributed by atoms with Gasteiger partial charge in [0, 0.05) is 66.8 Å². The largest absolute Gasteiger partial charge is 0.368 e. The molecule has 0 spiro atoms. The van der Waals surface area contributed by atoms with Crippen LogP contribution in [0.4, 0.5) is 11.5 Å². The van der Waals surface area contributed by atoms with Crippen LogP contribution in [0.3, 0.4) is 0 Å². The summed E-state index contributed by atoms with van der Waals surface area (Å²) in [5, 5.41) is 3.13. The first-order valence-electron chi connectivity index (χ1n) is 12.5. The molecule has 9 nitrogen and oxygen atoms in total. The lowest BCUT2D eigenvalue weighted by molar-refractivity contribution is 0.101. The zero-order valence-corrected chi connectivity index (χ0v) is 22.4. The standard InChI is InChI=1S/C26H29ClN8OS/c1-3-18-23(27)22-24(31-18)32-26(33-25(22)34-7-6-14(28)10-34)37-16-4-5-17-20(8-16)30-19(13(2)36)9-21(17)35-11-15(29)12-35/h4-5,8-9,14-15H,3,6-7,10-12,28-29H2,1-2H3,(H,31,32,33)/t14-/m0/s1. The molecule has 6 rings (SSSR count). The number of ketones is 1. The number of carbonyl (C=O) groups is 1. The van der Waals surface area contributed by atoms with Crippen molar-refractivity contribution in [3.8, 4) is 0 Å². The van der Waals surface area contributed by atoms with Gasteiger partial charge in [0.05, 0.1) is 15.9 Å². The number of hydrogen-bond donors (Lipinski definition) is 3. The van der Waals surface area contributed by atoms with Crippen LogP contribution < -0.4 is 21.3 Å². The van der Waals surface area contributed by atoms with E-state index in [1.165, 1.54) is 11.8 Å². The molecule has 2 aliphatic rings. The van der Waals surface area contributed by atoms with Gasteiger partial charge in [-0.25, -0.2) is 15.0 Å².